The molecule has 4 nitrogen and oxygen atoms in total. The van der Waals surface area contributed by atoms with Crippen LogP contribution in [0.2, 0.25) is 6.04 Å². The summed E-state index contributed by atoms with van der Waals surface area (Å²) >= 11 is 0. The van der Waals surface area contributed by atoms with Gasteiger partial charge in [-0.15, -0.1) is 0 Å². The van der Waals surface area contributed by atoms with Crippen LogP contribution < -0.4 is 0 Å². The van der Waals surface area contributed by atoms with Gasteiger partial charge >= 0.3 is 0 Å². The van der Waals surface area contributed by atoms with Crippen LogP contribution in [-0.4, -0.2) is 91.5 Å². The summed E-state index contributed by atoms with van der Waals surface area (Å²) in [6, 6.07) is 1.31. The fraction of sp³-hybridized carbons (Fsp3) is 1.00. The van der Waals surface area contributed by atoms with Crippen LogP contribution in [0, 0.1) is 5.41 Å². The van der Waals surface area contributed by atoms with Crippen molar-refractivity contribution < 1.29 is 4.43 Å². The summed E-state index contributed by atoms with van der Waals surface area (Å²) in [5, 5.41) is 0. The van der Waals surface area contributed by atoms with Crippen molar-refractivity contribution in [1.29, 1.82) is 0 Å². The highest BCUT2D eigenvalue weighted by molar-refractivity contribution is 6.27. The molecule has 0 aromatic rings. The zero-order valence-electron chi connectivity index (χ0n) is 19.9. The molecule has 0 fully saturated rings. The van der Waals surface area contributed by atoms with Crippen LogP contribution in [0.4, 0.5) is 0 Å². The van der Waals surface area contributed by atoms with Gasteiger partial charge in [-0.2, -0.15) is 0 Å². The van der Waals surface area contributed by atoms with E-state index < -0.39 is 0 Å². The van der Waals surface area contributed by atoms with Crippen LogP contribution in [0.3, 0.4) is 0 Å². The maximum absolute atomic E-state index is 6.02. The molecule has 27 heavy (non-hydrogen) atoms. The third-order valence-electron chi connectivity index (χ3n) is 5.27. The zero-order chi connectivity index (χ0) is 20.5. The molecule has 0 amide bonds. The third-order valence-corrected chi connectivity index (χ3v) is 6.49. The molecule has 0 aromatic carbocycles. The van der Waals surface area contributed by atoms with Crippen molar-refractivity contribution in [3.05, 3.63) is 0 Å². The quantitative estimate of drug-likeness (QED) is 0.243. The van der Waals surface area contributed by atoms with Crippen molar-refractivity contribution in [3.8, 4) is 0 Å². The molecule has 0 saturated heterocycles. The van der Waals surface area contributed by atoms with Crippen LogP contribution in [-0.2, 0) is 4.43 Å². The number of unbranched alkanes of at least 4 members (excludes halogenated alkanes) is 1. The van der Waals surface area contributed by atoms with E-state index in [1.807, 2.05) is 0 Å². The van der Waals surface area contributed by atoms with Gasteiger partial charge in [-0.25, -0.2) is 0 Å². The lowest BCUT2D eigenvalue weighted by atomic mass is 9.82. The molecule has 0 aliphatic rings. The number of hydrogen-bond acceptors (Lipinski definition) is 4. The van der Waals surface area contributed by atoms with Gasteiger partial charge in [0.25, 0.3) is 0 Å². The minimum Gasteiger partial charge on any atom is -0.424 e. The first-order valence-corrected chi connectivity index (χ1v) is 13.1. The van der Waals surface area contributed by atoms with Crippen LogP contribution in [0.5, 0.6) is 0 Å². The topological polar surface area (TPSA) is 19.0 Å². The molecule has 0 aromatic heterocycles. The maximum Gasteiger partial charge on any atom is 0.161 e. The fourth-order valence-corrected chi connectivity index (χ4v) is 5.89. The van der Waals surface area contributed by atoms with Crippen LogP contribution >= 0.6 is 0 Å². The molecule has 5 heteroatoms. The van der Waals surface area contributed by atoms with Gasteiger partial charge in [-0.3, -0.25) is 0 Å². The smallest absolute Gasteiger partial charge is 0.161 e. The second kappa shape index (κ2) is 17.0. The van der Waals surface area contributed by atoms with E-state index in [9.17, 15) is 0 Å². The normalized spacial score (nSPS) is 13.1. The van der Waals surface area contributed by atoms with Gasteiger partial charge in [-0.1, -0.05) is 34.1 Å². The molecule has 0 unspecified atom stereocenters. The van der Waals surface area contributed by atoms with E-state index in [4.69, 9.17) is 4.43 Å². The van der Waals surface area contributed by atoms with Crippen molar-refractivity contribution in [2.45, 2.75) is 72.3 Å². The molecule has 0 aliphatic heterocycles. The third kappa shape index (κ3) is 13.8. The Kier molecular flexibility index (Phi) is 17.0. The highest BCUT2D eigenvalue weighted by Crippen LogP contribution is 2.28. The van der Waals surface area contributed by atoms with E-state index in [1.54, 1.807) is 0 Å². The molecule has 0 atom stereocenters. The summed E-state index contributed by atoms with van der Waals surface area (Å²) in [4.78, 5) is 7.71. The average molecular weight is 402 g/mol. The monoisotopic (exact) mass is 401 g/mol. The minimum atomic E-state index is -0.381. The van der Waals surface area contributed by atoms with Crippen molar-refractivity contribution in [2.75, 3.05) is 67.0 Å². The number of hydrogen-bond donors (Lipinski definition) is 0. The number of nitrogens with zero attached hydrogens (tertiary/aromatic N) is 3. The molecular weight excluding hydrogens is 350 g/mol. The van der Waals surface area contributed by atoms with Crippen LogP contribution in [0.1, 0.15) is 66.2 Å². The highest BCUT2D eigenvalue weighted by atomic mass is 28.2. The Morgan fingerprint density at radius 1 is 0.704 bits per heavy atom. The second-order valence-electron chi connectivity index (χ2n) is 8.78. The molecule has 0 bridgehead atoms. The van der Waals surface area contributed by atoms with E-state index >= 15 is 0 Å². The van der Waals surface area contributed by atoms with Gasteiger partial charge in [0.1, 0.15) is 0 Å². The summed E-state index contributed by atoms with van der Waals surface area (Å²) in [6.07, 6.45) is 7.46. The van der Waals surface area contributed by atoms with Gasteiger partial charge < -0.3 is 19.1 Å². The first kappa shape index (κ1) is 27.1. The predicted octanol–water partition coefficient (Wildman–Crippen LogP) is 3.71. The lowest BCUT2D eigenvalue weighted by Crippen LogP contribution is -2.50. The van der Waals surface area contributed by atoms with Crippen molar-refractivity contribution in [2.24, 2.45) is 5.41 Å². The molecule has 0 spiro atoms. The van der Waals surface area contributed by atoms with E-state index in [1.165, 1.54) is 83.8 Å². The SMILES string of the molecule is CCCCO[SiH2]CCC(CN(C)CCC)(CN(C)CCC)CN(C)CCC. The Morgan fingerprint density at radius 3 is 1.52 bits per heavy atom. The van der Waals surface area contributed by atoms with E-state index in [0.29, 0.717) is 5.41 Å². The van der Waals surface area contributed by atoms with Crippen LogP contribution in [0.25, 0.3) is 0 Å². The Balaban J connectivity index is 5.09. The molecular formula is C22H51N3OSi. The second-order valence-corrected chi connectivity index (χ2v) is 10.3. The molecule has 0 aliphatic carbocycles. The first-order chi connectivity index (χ1) is 12.9. The lowest BCUT2D eigenvalue weighted by Gasteiger charge is -2.42. The van der Waals surface area contributed by atoms with Crippen LogP contribution in [0.15, 0.2) is 0 Å². The summed E-state index contributed by atoms with van der Waals surface area (Å²) in [7, 11) is 6.56. The van der Waals surface area contributed by atoms with E-state index in [-0.39, 0.29) is 9.76 Å². The fourth-order valence-electron chi connectivity index (χ4n) is 4.38. The summed E-state index contributed by atoms with van der Waals surface area (Å²) in [6.45, 7) is 17.3. The molecule has 0 rings (SSSR count). The van der Waals surface area contributed by atoms with Crippen molar-refractivity contribution in [1.82, 2.24) is 14.7 Å². The predicted molar refractivity (Wildman–Crippen MR) is 125 cm³/mol. The standard InChI is InChI=1S/C22H51N3OSi/c1-8-12-17-26-27-18-13-22(19-23(5)14-9-2,20-24(6)15-10-3)21-25(7)16-11-4/h8-21,27H2,1-7H3. The molecule has 0 heterocycles. The van der Waals surface area contributed by atoms with Gasteiger partial charge in [0.05, 0.1) is 0 Å². The van der Waals surface area contributed by atoms with Crippen molar-refractivity contribution in [3.63, 3.8) is 0 Å². The lowest BCUT2D eigenvalue weighted by molar-refractivity contribution is 0.0741. The largest absolute Gasteiger partial charge is 0.424 e. The molecule has 164 valence electrons. The average Bonchev–Trinajstić information content (AvgIpc) is 2.58. The minimum absolute atomic E-state index is 0.346. The van der Waals surface area contributed by atoms with Gasteiger partial charge in [0, 0.05) is 31.7 Å². The zero-order valence-corrected chi connectivity index (χ0v) is 21.3. The van der Waals surface area contributed by atoms with E-state index in [0.717, 1.165) is 6.61 Å². The maximum atomic E-state index is 6.02. The molecule has 0 radical (unpaired) electrons. The number of rotatable bonds is 19. The Hall–Kier alpha value is 0.0569. The Morgan fingerprint density at radius 2 is 1.15 bits per heavy atom. The van der Waals surface area contributed by atoms with Gasteiger partial charge in [0.2, 0.25) is 0 Å². The first-order valence-electron chi connectivity index (χ1n) is 11.6. The van der Waals surface area contributed by atoms with E-state index in [2.05, 4.69) is 63.5 Å². The summed E-state index contributed by atoms with van der Waals surface area (Å²) in [5.74, 6) is 0. The van der Waals surface area contributed by atoms with Gasteiger partial charge in [0.15, 0.2) is 9.76 Å². The molecule has 0 N–H and O–H groups in total. The van der Waals surface area contributed by atoms with Crippen molar-refractivity contribution >= 4 is 9.76 Å². The summed E-state index contributed by atoms with van der Waals surface area (Å²) < 4.78 is 6.02. The Bertz CT molecular complexity index is 295. The molecule has 0 saturated carbocycles. The van der Waals surface area contributed by atoms with Gasteiger partial charge in [-0.05, 0) is 78.9 Å². The Labute approximate surface area is 173 Å². The summed E-state index contributed by atoms with van der Waals surface area (Å²) in [5.41, 5.74) is 0.346. The highest BCUT2D eigenvalue weighted by Gasteiger charge is 2.33.